The second-order valence-electron chi connectivity index (χ2n) is 15.1. The Morgan fingerprint density at radius 1 is 0.979 bits per heavy atom. The van der Waals surface area contributed by atoms with Crippen LogP contribution < -0.4 is 4.74 Å². The maximum absolute atomic E-state index is 13.0. The average molecular weight is 690 g/mol. The van der Waals surface area contributed by atoms with E-state index in [1.807, 2.05) is 0 Å². The van der Waals surface area contributed by atoms with Crippen molar-refractivity contribution in [2.75, 3.05) is 38.2 Å². The SMILES string of the molecule is CN(CCCCC[C@@H]1Cc2cc(OC3CCCCO3)ccc2[C@H]2CC[C@]3(C)[C@@H](O)CC[C@H]3[C@H]12)CCCSCCCC(F)(F)C(F)(F)F. The van der Waals surface area contributed by atoms with Crippen molar-refractivity contribution in [2.45, 2.75) is 134 Å². The molecule has 1 heterocycles. The number of ether oxygens (including phenoxy) is 2. The Labute approximate surface area is 282 Å². The van der Waals surface area contributed by atoms with E-state index in [0.717, 1.165) is 95.4 Å². The predicted octanol–water partition coefficient (Wildman–Crippen LogP) is 9.63. The molecule has 3 aliphatic carbocycles. The first-order valence-electron chi connectivity index (χ1n) is 18.2. The molecule has 47 heavy (non-hydrogen) atoms. The third-order valence-corrected chi connectivity index (χ3v) is 13.0. The number of nitrogens with zero attached hydrogens (tertiary/aromatic N) is 1. The first kappa shape index (κ1) is 37.2. The van der Waals surface area contributed by atoms with Gasteiger partial charge in [0.25, 0.3) is 0 Å². The number of thioether (sulfide) groups is 1. The molecule has 10 heteroatoms. The molecule has 7 atom stereocenters. The van der Waals surface area contributed by atoms with Crippen molar-refractivity contribution in [1.29, 1.82) is 0 Å². The molecular weight excluding hydrogens is 633 g/mol. The van der Waals surface area contributed by atoms with Crippen LogP contribution in [0.4, 0.5) is 22.0 Å². The maximum atomic E-state index is 13.0. The zero-order valence-electron chi connectivity index (χ0n) is 28.3. The van der Waals surface area contributed by atoms with Crippen molar-refractivity contribution in [3.8, 4) is 5.75 Å². The van der Waals surface area contributed by atoms with E-state index in [0.29, 0.717) is 29.4 Å². The summed E-state index contributed by atoms with van der Waals surface area (Å²) in [6.45, 7) is 5.01. The Hall–Kier alpha value is -1.10. The minimum atomic E-state index is -5.45. The number of rotatable bonds is 16. The number of benzene rings is 1. The lowest BCUT2D eigenvalue weighted by Gasteiger charge is -2.53. The Balaban J connectivity index is 1.07. The van der Waals surface area contributed by atoms with Gasteiger partial charge in [0.15, 0.2) is 6.29 Å². The molecule has 3 fully saturated rings. The number of aliphatic hydroxyl groups is 1. The van der Waals surface area contributed by atoms with E-state index in [4.69, 9.17) is 9.47 Å². The predicted molar refractivity (Wildman–Crippen MR) is 178 cm³/mol. The van der Waals surface area contributed by atoms with Gasteiger partial charge in [-0.15, -0.1) is 0 Å². The summed E-state index contributed by atoms with van der Waals surface area (Å²) in [5, 5.41) is 11.0. The molecule has 268 valence electrons. The highest BCUT2D eigenvalue weighted by molar-refractivity contribution is 7.99. The fraction of sp³-hybridized carbons (Fsp3) is 0.838. The van der Waals surface area contributed by atoms with E-state index >= 15 is 0 Å². The molecule has 4 nitrogen and oxygen atoms in total. The highest BCUT2D eigenvalue weighted by atomic mass is 32.2. The molecule has 0 bridgehead atoms. The molecule has 5 rings (SSSR count). The lowest BCUT2D eigenvalue weighted by atomic mass is 9.52. The molecule has 1 aliphatic heterocycles. The summed E-state index contributed by atoms with van der Waals surface area (Å²) in [7, 11) is 2.10. The minimum absolute atomic E-state index is 0.0352. The summed E-state index contributed by atoms with van der Waals surface area (Å²) >= 11 is 1.46. The first-order valence-corrected chi connectivity index (χ1v) is 19.3. The highest BCUT2D eigenvalue weighted by Gasteiger charge is 2.57. The van der Waals surface area contributed by atoms with Crippen LogP contribution in [0, 0.1) is 23.2 Å². The second kappa shape index (κ2) is 16.3. The van der Waals surface area contributed by atoms with Crippen LogP contribution in [0.2, 0.25) is 0 Å². The van der Waals surface area contributed by atoms with Crippen molar-refractivity contribution < 1.29 is 36.5 Å². The van der Waals surface area contributed by atoms with Gasteiger partial charge in [0.2, 0.25) is 0 Å². The molecule has 4 aliphatic rings. The molecular formula is C37H56F5NO3S. The van der Waals surface area contributed by atoms with Gasteiger partial charge >= 0.3 is 12.1 Å². The largest absolute Gasteiger partial charge is 0.465 e. The topological polar surface area (TPSA) is 41.9 Å². The van der Waals surface area contributed by atoms with E-state index in [1.165, 1.54) is 42.2 Å². The Bertz CT molecular complexity index is 1130. The molecule has 0 amide bonds. The Kier molecular flexibility index (Phi) is 12.9. The van der Waals surface area contributed by atoms with E-state index in [-0.39, 0.29) is 24.2 Å². The lowest BCUT2D eigenvalue weighted by molar-refractivity contribution is -0.284. The molecule has 1 aromatic rings. The van der Waals surface area contributed by atoms with Crippen molar-refractivity contribution >= 4 is 11.8 Å². The monoisotopic (exact) mass is 689 g/mol. The van der Waals surface area contributed by atoms with Crippen molar-refractivity contribution in [3.63, 3.8) is 0 Å². The average Bonchev–Trinajstić information content (AvgIpc) is 3.33. The van der Waals surface area contributed by atoms with Crippen LogP contribution in [0.25, 0.3) is 0 Å². The fourth-order valence-electron chi connectivity index (χ4n) is 9.20. The zero-order valence-corrected chi connectivity index (χ0v) is 29.2. The maximum Gasteiger partial charge on any atom is 0.453 e. The fourth-order valence-corrected chi connectivity index (χ4v) is 10.1. The molecule has 2 saturated carbocycles. The van der Waals surface area contributed by atoms with Crippen LogP contribution in [-0.2, 0) is 11.2 Å². The van der Waals surface area contributed by atoms with Crippen LogP contribution >= 0.6 is 11.8 Å². The van der Waals surface area contributed by atoms with Gasteiger partial charge < -0.3 is 19.5 Å². The number of hydrogen-bond acceptors (Lipinski definition) is 5. The molecule has 0 aromatic heterocycles. The zero-order chi connectivity index (χ0) is 33.7. The molecule has 1 aromatic carbocycles. The number of halogens is 5. The quantitative estimate of drug-likeness (QED) is 0.138. The minimum Gasteiger partial charge on any atom is -0.465 e. The van der Waals surface area contributed by atoms with Gasteiger partial charge in [-0.25, -0.2) is 0 Å². The highest BCUT2D eigenvalue weighted by Crippen LogP contribution is 2.62. The van der Waals surface area contributed by atoms with Gasteiger partial charge in [-0.1, -0.05) is 25.8 Å². The molecule has 1 unspecified atom stereocenters. The number of alkyl halides is 5. The van der Waals surface area contributed by atoms with Crippen molar-refractivity contribution in [2.24, 2.45) is 23.2 Å². The van der Waals surface area contributed by atoms with Gasteiger partial charge in [0.05, 0.1) is 12.7 Å². The second-order valence-corrected chi connectivity index (χ2v) is 16.3. The lowest BCUT2D eigenvalue weighted by Crippen LogP contribution is -2.47. The number of unbranched alkanes of at least 4 members (excludes halogenated alkanes) is 2. The summed E-state index contributed by atoms with van der Waals surface area (Å²) in [5.74, 6) is -0.220. The Morgan fingerprint density at radius 3 is 2.53 bits per heavy atom. The molecule has 1 saturated heterocycles. The van der Waals surface area contributed by atoms with Gasteiger partial charge in [0.1, 0.15) is 5.75 Å². The first-order chi connectivity index (χ1) is 22.4. The van der Waals surface area contributed by atoms with Gasteiger partial charge in [0, 0.05) is 12.8 Å². The van der Waals surface area contributed by atoms with Gasteiger partial charge in [-0.3, -0.25) is 0 Å². The van der Waals surface area contributed by atoms with Crippen LogP contribution in [0.1, 0.15) is 114 Å². The van der Waals surface area contributed by atoms with E-state index < -0.39 is 18.5 Å². The van der Waals surface area contributed by atoms with Crippen molar-refractivity contribution in [3.05, 3.63) is 29.3 Å². The smallest absolute Gasteiger partial charge is 0.453 e. The van der Waals surface area contributed by atoms with Crippen LogP contribution in [0.15, 0.2) is 18.2 Å². The standard InChI is InChI=1S/C37H56F5NO3S/c1-35-18-16-30-29-13-12-28(46-33-11-5-7-21-45-33)25-27(29)24-26(34(30)31(35)14-15-32(35)44)10-4-3-6-19-43(2)20-9-23-47-22-8-17-36(38,39)37(40,41)42/h12-13,25-26,30-34,44H,3-11,14-24H2,1-2H3/t26-,30-,31+,32+,33?,34-,35+/m1/s1. The van der Waals surface area contributed by atoms with Crippen LogP contribution in [-0.4, -0.2) is 72.7 Å². The molecule has 0 radical (unpaired) electrons. The Morgan fingerprint density at radius 2 is 1.77 bits per heavy atom. The summed E-state index contributed by atoms with van der Waals surface area (Å²) in [5.41, 5.74) is 2.98. The third kappa shape index (κ3) is 9.18. The number of aliphatic hydroxyl groups excluding tert-OH is 1. The van der Waals surface area contributed by atoms with Gasteiger partial charge in [-0.05, 0) is 155 Å². The van der Waals surface area contributed by atoms with E-state index in [1.54, 1.807) is 0 Å². The number of hydrogen-bond donors (Lipinski definition) is 1. The summed E-state index contributed by atoms with van der Waals surface area (Å²) in [6, 6.07) is 6.77. The molecule has 1 N–H and O–H groups in total. The van der Waals surface area contributed by atoms with E-state index in [2.05, 4.69) is 37.1 Å². The van der Waals surface area contributed by atoms with E-state index in [9.17, 15) is 27.1 Å². The number of fused-ring (bicyclic) bond motifs is 5. The van der Waals surface area contributed by atoms with Crippen LogP contribution in [0.5, 0.6) is 5.75 Å². The molecule has 0 spiro atoms. The van der Waals surface area contributed by atoms with Crippen molar-refractivity contribution in [1.82, 2.24) is 4.90 Å². The summed E-state index contributed by atoms with van der Waals surface area (Å²) in [4.78, 5) is 2.30. The van der Waals surface area contributed by atoms with Gasteiger partial charge in [-0.2, -0.15) is 33.7 Å². The summed E-state index contributed by atoms with van der Waals surface area (Å²) < 4.78 is 75.1. The normalized spacial score (nSPS) is 31.0. The summed E-state index contributed by atoms with van der Waals surface area (Å²) in [6.07, 6.45) is 7.09. The van der Waals surface area contributed by atoms with Crippen LogP contribution in [0.3, 0.4) is 0 Å². The third-order valence-electron chi connectivity index (χ3n) is 11.9.